The molecule has 30 heavy (non-hydrogen) atoms. The summed E-state index contributed by atoms with van der Waals surface area (Å²) in [6.45, 7) is 2.35. The normalized spacial score (nSPS) is 15.9. The Labute approximate surface area is 175 Å². The molecule has 0 fully saturated rings. The number of hydrazone groups is 1. The number of carbonyl (C=O) groups excluding carboxylic acids is 2. The minimum atomic E-state index is -0.357. The maximum atomic E-state index is 13.4. The molecule has 160 valence electrons. The smallest absolute Gasteiger partial charge is 0.262 e. The number of benzene rings is 1. The zero-order chi connectivity index (χ0) is 21.7. The molecule has 7 nitrogen and oxygen atoms in total. The number of hydrogen-bond acceptors (Lipinski definition) is 4. The van der Waals surface area contributed by atoms with Gasteiger partial charge in [-0.15, -0.1) is 0 Å². The maximum absolute atomic E-state index is 13.4. The van der Waals surface area contributed by atoms with Crippen molar-refractivity contribution in [2.24, 2.45) is 12.1 Å². The highest BCUT2D eigenvalue weighted by Crippen LogP contribution is 2.33. The number of halogens is 1. The molecule has 0 spiro atoms. The Bertz CT molecular complexity index is 923. The van der Waals surface area contributed by atoms with Gasteiger partial charge in [0.2, 0.25) is 5.91 Å². The molecule has 0 radical (unpaired) electrons. The molecule has 0 saturated heterocycles. The summed E-state index contributed by atoms with van der Waals surface area (Å²) < 4.78 is 20.4. The van der Waals surface area contributed by atoms with E-state index in [9.17, 15) is 14.0 Å². The number of methoxy groups -OCH3 is 1. The van der Waals surface area contributed by atoms with Gasteiger partial charge in [-0.25, -0.2) is 9.40 Å². The van der Waals surface area contributed by atoms with Crippen molar-refractivity contribution in [3.63, 3.8) is 0 Å². The van der Waals surface area contributed by atoms with Crippen LogP contribution in [0.3, 0.4) is 0 Å². The summed E-state index contributed by atoms with van der Waals surface area (Å²) in [5.74, 6) is -0.742. The van der Waals surface area contributed by atoms with Gasteiger partial charge in [-0.05, 0) is 29.8 Å². The molecule has 0 bridgehead atoms. The molecule has 0 saturated carbocycles. The van der Waals surface area contributed by atoms with Gasteiger partial charge < -0.3 is 14.2 Å². The van der Waals surface area contributed by atoms with Crippen LogP contribution in [0.15, 0.2) is 47.7 Å². The number of carbonyl (C=O) groups is 2. The standard InChI is InChI=1S/C22H27FN4O3/c1-4-21(28)26(12-13-30-3)15-22(29)27-20(16-7-9-17(23)10-8-16)14-18(24-27)19-6-5-11-25(19)2/h5-11,20H,4,12-15H2,1-3H3. The summed E-state index contributed by atoms with van der Waals surface area (Å²) in [5.41, 5.74) is 2.48. The Balaban J connectivity index is 1.88. The molecule has 2 aromatic rings. The molecule has 1 aliphatic rings. The monoisotopic (exact) mass is 414 g/mol. The fourth-order valence-corrected chi connectivity index (χ4v) is 3.55. The minimum absolute atomic E-state index is 0.0857. The van der Waals surface area contributed by atoms with Crippen LogP contribution >= 0.6 is 0 Å². The third kappa shape index (κ3) is 4.76. The van der Waals surface area contributed by atoms with Crippen molar-refractivity contribution in [1.82, 2.24) is 14.5 Å². The van der Waals surface area contributed by atoms with Crippen LogP contribution < -0.4 is 0 Å². The lowest BCUT2D eigenvalue weighted by atomic mass is 10.0. The van der Waals surface area contributed by atoms with E-state index in [4.69, 9.17) is 4.74 Å². The molecular formula is C22H27FN4O3. The quantitative estimate of drug-likeness (QED) is 0.667. The first-order valence-corrected chi connectivity index (χ1v) is 9.98. The Morgan fingerprint density at radius 2 is 2.00 bits per heavy atom. The lowest BCUT2D eigenvalue weighted by Crippen LogP contribution is -2.42. The van der Waals surface area contributed by atoms with Crippen LogP contribution in [0.2, 0.25) is 0 Å². The van der Waals surface area contributed by atoms with Crippen molar-refractivity contribution >= 4 is 17.5 Å². The van der Waals surface area contributed by atoms with Gasteiger partial charge in [-0.2, -0.15) is 5.10 Å². The van der Waals surface area contributed by atoms with Crippen LogP contribution in [-0.4, -0.2) is 58.8 Å². The summed E-state index contributed by atoms with van der Waals surface area (Å²) in [6.07, 6.45) is 2.73. The van der Waals surface area contributed by atoms with E-state index in [1.165, 1.54) is 22.0 Å². The summed E-state index contributed by atoms with van der Waals surface area (Å²) >= 11 is 0. The number of amides is 2. The third-order valence-electron chi connectivity index (χ3n) is 5.21. The molecule has 0 N–H and O–H groups in total. The van der Waals surface area contributed by atoms with E-state index in [1.54, 1.807) is 26.2 Å². The highest BCUT2D eigenvalue weighted by molar-refractivity contribution is 6.02. The minimum Gasteiger partial charge on any atom is -0.383 e. The van der Waals surface area contributed by atoms with Crippen LogP contribution in [0, 0.1) is 5.82 Å². The van der Waals surface area contributed by atoms with Crippen molar-refractivity contribution in [2.75, 3.05) is 26.8 Å². The van der Waals surface area contributed by atoms with Crippen LogP contribution in [0.25, 0.3) is 0 Å². The number of aryl methyl sites for hydroxylation is 1. The molecule has 1 atom stereocenters. The summed E-state index contributed by atoms with van der Waals surface area (Å²) in [6, 6.07) is 9.60. The zero-order valence-electron chi connectivity index (χ0n) is 17.5. The molecular weight excluding hydrogens is 387 g/mol. The number of hydrogen-bond donors (Lipinski definition) is 0. The van der Waals surface area contributed by atoms with Crippen molar-refractivity contribution in [1.29, 1.82) is 0 Å². The molecule has 1 aliphatic heterocycles. The second kappa shape index (κ2) is 9.67. The molecule has 1 aromatic carbocycles. The van der Waals surface area contributed by atoms with Crippen molar-refractivity contribution in [3.8, 4) is 0 Å². The van der Waals surface area contributed by atoms with Gasteiger partial charge in [0.05, 0.1) is 24.1 Å². The van der Waals surface area contributed by atoms with Crippen LogP contribution in [0.1, 0.15) is 37.1 Å². The number of rotatable bonds is 8. The molecule has 2 amide bonds. The lowest BCUT2D eigenvalue weighted by molar-refractivity contribution is -0.141. The zero-order valence-corrected chi connectivity index (χ0v) is 17.5. The Morgan fingerprint density at radius 3 is 2.60 bits per heavy atom. The fourth-order valence-electron chi connectivity index (χ4n) is 3.55. The first-order valence-electron chi connectivity index (χ1n) is 9.98. The summed E-state index contributed by atoms with van der Waals surface area (Å²) in [7, 11) is 3.47. The van der Waals surface area contributed by atoms with E-state index < -0.39 is 0 Å². The molecule has 2 heterocycles. The Kier molecular flexibility index (Phi) is 6.99. The molecule has 1 unspecified atom stereocenters. The van der Waals surface area contributed by atoms with Crippen molar-refractivity contribution < 1.29 is 18.7 Å². The fraction of sp³-hybridized carbons (Fsp3) is 0.409. The summed E-state index contributed by atoms with van der Waals surface area (Å²) in [4.78, 5) is 27.0. The van der Waals surface area contributed by atoms with Gasteiger partial charge in [0.15, 0.2) is 0 Å². The third-order valence-corrected chi connectivity index (χ3v) is 5.21. The predicted molar refractivity (Wildman–Crippen MR) is 111 cm³/mol. The van der Waals surface area contributed by atoms with E-state index >= 15 is 0 Å². The molecule has 8 heteroatoms. The number of aromatic nitrogens is 1. The predicted octanol–water partition coefficient (Wildman–Crippen LogP) is 2.73. The lowest BCUT2D eigenvalue weighted by Gasteiger charge is -2.26. The highest BCUT2D eigenvalue weighted by atomic mass is 19.1. The largest absolute Gasteiger partial charge is 0.383 e. The Hall–Kier alpha value is -3.00. The van der Waals surface area contributed by atoms with Gasteiger partial charge in [0.1, 0.15) is 12.4 Å². The molecule has 0 aliphatic carbocycles. The first-order chi connectivity index (χ1) is 14.4. The average Bonchev–Trinajstić information content (AvgIpc) is 3.37. The molecule has 1 aromatic heterocycles. The topological polar surface area (TPSA) is 67.1 Å². The van der Waals surface area contributed by atoms with E-state index in [2.05, 4.69) is 5.10 Å². The van der Waals surface area contributed by atoms with Crippen LogP contribution in [0.4, 0.5) is 4.39 Å². The van der Waals surface area contributed by atoms with Gasteiger partial charge in [-0.1, -0.05) is 19.1 Å². The highest BCUT2D eigenvalue weighted by Gasteiger charge is 2.34. The van der Waals surface area contributed by atoms with E-state index in [-0.39, 0.29) is 30.2 Å². The average molecular weight is 414 g/mol. The van der Waals surface area contributed by atoms with Gasteiger partial charge in [-0.3, -0.25) is 9.59 Å². The van der Waals surface area contributed by atoms with Crippen molar-refractivity contribution in [3.05, 3.63) is 59.7 Å². The first kappa shape index (κ1) is 21.7. The van der Waals surface area contributed by atoms with Crippen LogP contribution in [0.5, 0.6) is 0 Å². The number of nitrogens with zero attached hydrogens (tertiary/aromatic N) is 4. The van der Waals surface area contributed by atoms with E-state index in [0.29, 0.717) is 26.0 Å². The van der Waals surface area contributed by atoms with Crippen LogP contribution in [-0.2, 0) is 21.4 Å². The van der Waals surface area contributed by atoms with E-state index in [1.807, 2.05) is 29.9 Å². The second-order valence-corrected chi connectivity index (χ2v) is 7.22. The molecule has 3 rings (SSSR count). The van der Waals surface area contributed by atoms with Crippen molar-refractivity contribution in [2.45, 2.75) is 25.8 Å². The SMILES string of the molecule is CCC(=O)N(CCOC)CC(=O)N1N=C(c2cccn2C)CC1c1ccc(F)cc1. The number of ether oxygens (including phenoxy) is 1. The summed E-state index contributed by atoms with van der Waals surface area (Å²) in [5, 5.41) is 6.04. The van der Waals surface area contributed by atoms with Gasteiger partial charge >= 0.3 is 0 Å². The van der Waals surface area contributed by atoms with E-state index in [0.717, 1.165) is 17.0 Å². The van der Waals surface area contributed by atoms with Gasteiger partial charge in [0.25, 0.3) is 5.91 Å². The Morgan fingerprint density at radius 1 is 1.27 bits per heavy atom. The second-order valence-electron chi connectivity index (χ2n) is 7.22. The maximum Gasteiger partial charge on any atom is 0.262 e. The van der Waals surface area contributed by atoms with Gasteiger partial charge in [0, 0.05) is 39.7 Å².